The summed E-state index contributed by atoms with van der Waals surface area (Å²) in [6.45, 7) is 0.759. The fourth-order valence-electron chi connectivity index (χ4n) is 1.11. The maximum Gasteiger partial charge on any atom is 0.328 e. The summed E-state index contributed by atoms with van der Waals surface area (Å²) >= 11 is 0. The molecule has 0 unspecified atom stereocenters. The van der Waals surface area contributed by atoms with Crippen molar-refractivity contribution in [3.05, 3.63) is 12.2 Å². The number of ether oxygens (including phenoxy) is 1. The summed E-state index contributed by atoms with van der Waals surface area (Å²) in [6, 6.07) is 0. The quantitative estimate of drug-likeness (QED) is 0.611. The lowest BCUT2D eigenvalue weighted by atomic mass is 10.1. The van der Waals surface area contributed by atoms with Crippen molar-refractivity contribution in [2.75, 3.05) is 6.61 Å². The molecule has 1 atom stereocenters. The average Bonchev–Trinajstić information content (AvgIpc) is 2.03. The van der Waals surface area contributed by atoms with Crippen LogP contribution in [0.3, 0.4) is 0 Å². The van der Waals surface area contributed by atoms with Crippen LogP contribution in [0.1, 0.15) is 19.3 Å². The Morgan fingerprint density at radius 3 is 2.91 bits per heavy atom. The van der Waals surface area contributed by atoms with E-state index in [0.29, 0.717) is 0 Å². The Morgan fingerprint density at radius 1 is 1.55 bits per heavy atom. The minimum Gasteiger partial charge on any atom is -0.478 e. The van der Waals surface area contributed by atoms with Gasteiger partial charge in [0.25, 0.3) is 0 Å². The fourth-order valence-corrected chi connectivity index (χ4v) is 1.11. The third-order valence-electron chi connectivity index (χ3n) is 1.67. The van der Waals surface area contributed by atoms with E-state index in [-0.39, 0.29) is 6.10 Å². The van der Waals surface area contributed by atoms with Crippen LogP contribution in [0.4, 0.5) is 0 Å². The first-order valence-corrected chi connectivity index (χ1v) is 3.82. The van der Waals surface area contributed by atoms with Crippen LogP contribution in [-0.4, -0.2) is 23.8 Å². The molecule has 11 heavy (non-hydrogen) atoms. The van der Waals surface area contributed by atoms with Crippen LogP contribution in [0, 0.1) is 0 Å². The van der Waals surface area contributed by atoms with Crippen LogP contribution >= 0.6 is 0 Å². The molecule has 1 aliphatic rings. The van der Waals surface area contributed by atoms with Crippen molar-refractivity contribution in [1.29, 1.82) is 0 Å². The van der Waals surface area contributed by atoms with Gasteiger partial charge in [-0.15, -0.1) is 0 Å². The highest BCUT2D eigenvalue weighted by Crippen LogP contribution is 2.13. The summed E-state index contributed by atoms with van der Waals surface area (Å²) in [7, 11) is 0. The normalized spacial score (nSPS) is 25.6. The number of carbonyl (C=O) groups is 1. The topological polar surface area (TPSA) is 46.5 Å². The van der Waals surface area contributed by atoms with Gasteiger partial charge in [0.1, 0.15) is 0 Å². The van der Waals surface area contributed by atoms with Crippen LogP contribution < -0.4 is 0 Å². The highest BCUT2D eigenvalue weighted by atomic mass is 16.5. The van der Waals surface area contributed by atoms with Gasteiger partial charge in [-0.3, -0.25) is 0 Å². The lowest BCUT2D eigenvalue weighted by molar-refractivity contribution is -0.131. The Kier molecular flexibility index (Phi) is 3.11. The van der Waals surface area contributed by atoms with Gasteiger partial charge in [0.05, 0.1) is 6.10 Å². The lowest BCUT2D eigenvalue weighted by Crippen LogP contribution is -2.16. The Hall–Kier alpha value is -0.830. The van der Waals surface area contributed by atoms with Gasteiger partial charge in [-0.05, 0) is 25.3 Å². The molecule has 0 aromatic carbocycles. The molecule has 0 radical (unpaired) electrons. The smallest absolute Gasteiger partial charge is 0.328 e. The van der Waals surface area contributed by atoms with Crippen LogP contribution in [0.25, 0.3) is 0 Å². The summed E-state index contributed by atoms with van der Waals surface area (Å²) in [4.78, 5) is 10.1. The maximum absolute atomic E-state index is 10.1. The third kappa shape index (κ3) is 3.18. The highest BCUT2D eigenvalue weighted by molar-refractivity contribution is 5.79. The number of hydrogen-bond acceptors (Lipinski definition) is 2. The van der Waals surface area contributed by atoms with Gasteiger partial charge in [0.15, 0.2) is 0 Å². The van der Waals surface area contributed by atoms with E-state index in [4.69, 9.17) is 9.84 Å². The molecule has 1 saturated heterocycles. The molecule has 62 valence electrons. The molecule has 1 N–H and O–H groups in total. The average molecular weight is 156 g/mol. The minimum absolute atomic E-state index is 0.0276. The number of aliphatic carboxylic acids is 1. The zero-order valence-electron chi connectivity index (χ0n) is 6.32. The summed E-state index contributed by atoms with van der Waals surface area (Å²) in [5.41, 5.74) is 0. The van der Waals surface area contributed by atoms with Gasteiger partial charge < -0.3 is 9.84 Å². The van der Waals surface area contributed by atoms with Crippen molar-refractivity contribution in [2.24, 2.45) is 0 Å². The van der Waals surface area contributed by atoms with Gasteiger partial charge in [-0.25, -0.2) is 4.79 Å². The molecule has 0 aromatic heterocycles. The molecule has 1 rings (SSSR count). The Morgan fingerprint density at radius 2 is 2.36 bits per heavy atom. The first-order chi connectivity index (χ1) is 5.29. The molecule has 1 aliphatic heterocycles. The lowest BCUT2D eigenvalue weighted by Gasteiger charge is -2.18. The van der Waals surface area contributed by atoms with Crippen molar-refractivity contribution < 1.29 is 14.6 Å². The Labute approximate surface area is 65.7 Å². The van der Waals surface area contributed by atoms with Crippen molar-refractivity contribution in [3.63, 3.8) is 0 Å². The van der Waals surface area contributed by atoms with Crippen molar-refractivity contribution >= 4 is 5.97 Å². The van der Waals surface area contributed by atoms with Crippen LogP contribution in [-0.2, 0) is 9.53 Å². The van der Waals surface area contributed by atoms with E-state index in [0.717, 1.165) is 31.9 Å². The van der Waals surface area contributed by atoms with E-state index in [9.17, 15) is 4.79 Å². The number of hydrogen-bond donors (Lipinski definition) is 1. The van der Waals surface area contributed by atoms with E-state index in [1.54, 1.807) is 6.08 Å². The fraction of sp³-hybridized carbons (Fsp3) is 0.625. The Balaban J connectivity index is 2.29. The second-order valence-corrected chi connectivity index (χ2v) is 2.60. The maximum atomic E-state index is 10.1. The van der Waals surface area contributed by atoms with Crippen LogP contribution in [0.15, 0.2) is 12.2 Å². The third-order valence-corrected chi connectivity index (χ3v) is 1.67. The molecule has 1 fully saturated rings. The molecule has 0 spiro atoms. The van der Waals surface area contributed by atoms with E-state index in [1.807, 2.05) is 0 Å². The molecule has 3 heteroatoms. The van der Waals surface area contributed by atoms with Gasteiger partial charge in [0, 0.05) is 12.7 Å². The summed E-state index contributed by atoms with van der Waals surface area (Å²) in [5, 5.41) is 8.30. The number of carboxylic acid groups (broad SMARTS) is 1. The first kappa shape index (κ1) is 8.27. The second kappa shape index (κ2) is 4.13. The van der Waals surface area contributed by atoms with E-state index in [1.165, 1.54) is 0 Å². The Bertz CT molecular complexity index is 157. The van der Waals surface area contributed by atoms with Crippen molar-refractivity contribution in [2.45, 2.75) is 25.4 Å². The second-order valence-electron chi connectivity index (χ2n) is 2.60. The molecule has 1 heterocycles. The molecule has 0 aromatic rings. The van der Waals surface area contributed by atoms with Crippen molar-refractivity contribution in [3.8, 4) is 0 Å². The van der Waals surface area contributed by atoms with Gasteiger partial charge in [0.2, 0.25) is 0 Å². The predicted molar refractivity (Wildman–Crippen MR) is 40.4 cm³/mol. The number of carboxylic acids is 1. The van der Waals surface area contributed by atoms with E-state index >= 15 is 0 Å². The van der Waals surface area contributed by atoms with Crippen LogP contribution in [0.5, 0.6) is 0 Å². The number of rotatable bonds is 2. The zero-order chi connectivity index (χ0) is 8.10. The largest absolute Gasteiger partial charge is 0.478 e. The summed E-state index contributed by atoms with van der Waals surface area (Å²) in [6.07, 6.45) is 5.97. The summed E-state index contributed by atoms with van der Waals surface area (Å²) < 4.78 is 5.28. The molecule has 3 nitrogen and oxygen atoms in total. The molecule has 0 amide bonds. The zero-order valence-corrected chi connectivity index (χ0v) is 6.32. The first-order valence-electron chi connectivity index (χ1n) is 3.82. The highest BCUT2D eigenvalue weighted by Gasteiger charge is 2.09. The molecule has 0 aliphatic carbocycles. The van der Waals surface area contributed by atoms with Crippen LogP contribution in [0.2, 0.25) is 0 Å². The van der Waals surface area contributed by atoms with Gasteiger partial charge in [-0.1, -0.05) is 0 Å². The molecular formula is C8H12O3. The van der Waals surface area contributed by atoms with E-state index < -0.39 is 5.97 Å². The standard InChI is InChI=1S/C8H12O3/c9-8(10)5-4-7-3-1-2-6-11-7/h4-5,7H,1-3,6H2,(H,9,10)/b5-4+/t7-/m0/s1. The van der Waals surface area contributed by atoms with Gasteiger partial charge >= 0.3 is 5.97 Å². The molecule has 0 saturated carbocycles. The SMILES string of the molecule is O=C(O)/C=C/[C@@H]1CCCCO1. The minimum atomic E-state index is -0.904. The van der Waals surface area contributed by atoms with Gasteiger partial charge in [-0.2, -0.15) is 0 Å². The van der Waals surface area contributed by atoms with Crippen molar-refractivity contribution in [1.82, 2.24) is 0 Å². The molecular weight excluding hydrogens is 144 g/mol. The predicted octanol–water partition coefficient (Wildman–Crippen LogP) is 1.20. The van der Waals surface area contributed by atoms with E-state index in [2.05, 4.69) is 0 Å². The molecule has 0 bridgehead atoms. The summed E-state index contributed by atoms with van der Waals surface area (Å²) in [5.74, 6) is -0.904. The monoisotopic (exact) mass is 156 g/mol.